The van der Waals surface area contributed by atoms with Crippen LogP contribution in [0.1, 0.15) is 38.5 Å². The molecule has 2 amide bonds. The van der Waals surface area contributed by atoms with Crippen LogP contribution in [0, 0.1) is 5.82 Å². The van der Waals surface area contributed by atoms with Gasteiger partial charge in [0.25, 0.3) is 11.8 Å². The average molecular weight is 391 g/mol. The predicted molar refractivity (Wildman–Crippen MR) is 109 cm³/mol. The van der Waals surface area contributed by atoms with Crippen LogP contribution in [-0.2, 0) is 13.0 Å². The third kappa shape index (κ3) is 6.24. The Kier molecular flexibility index (Phi) is 7.05. The quantitative estimate of drug-likeness (QED) is 0.577. The number of nitrogens with zero attached hydrogens (tertiary/aromatic N) is 1. The zero-order valence-corrected chi connectivity index (χ0v) is 15.9. The molecule has 0 radical (unpaired) electrons. The minimum atomic E-state index is -0.395. The van der Waals surface area contributed by atoms with Gasteiger partial charge in [-0.2, -0.15) is 0 Å². The fraction of sp³-hybridized carbons (Fsp3) is 0.174. The summed E-state index contributed by atoms with van der Waals surface area (Å²) in [5.41, 5.74) is 2.34. The van der Waals surface area contributed by atoms with Gasteiger partial charge in [-0.3, -0.25) is 9.59 Å². The number of aryl methyl sites for hydroxylation is 1. The Bertz CT molecular complexity index is 959. The van der Waals surface area contributed by atoms with Crippen molar-refractivity contribution < 1.29 is 14.0 Å². The van der Waals surface area contributed by atoms with E-state index in [0.29, 0.717) is 6.54 Å². The van der Waals surface area contributed by atoms with Gasteiger partial charge in [0.15, 0.2) is 0 Å². The van der Waals surface area contributed by atoms with E-state index in [1.165, 1.54) is 17.7 Å². The molecule has 2 aromatic carbocycles. The van der Waals surface area contributed by atoms with Crippen LogP contribution in [0.2, 0.25) is 0 Å². The van der Waals surface area contributed by atoms with E-state index in [1.807, 2.05) is 18.2 Å². The number of amides is 2. The molecule has 0 saturated heterocycles. The minimum Gasteiger partial charge on any atom is -0.351 e. The summed E-state index contributed by atoms with van der Waals surface area (Å²) in [5.74, 6) is -1.04. The molecular formula is C23H22FN3O2. The van der Waals surface area contributed by atoms with Gasteiger partial charge < -0.3 is 10.6 Å². The standard InChI is InChI=1S/C23H22FN3O2/c24-19-13-11-18(12-14-19)16-26-23(29)21-10-4-9-20(27-21)22(28)25-15-5-8-17-6-2-1-3-7-17/h1-4,6-7,9-14H,5,8,15-16H2,(H,25,28)(H,26,29). The van der Waals surface area contributed by atoms with Crippen LogP contribution in [0.15, 0.2) is 72.8 Å². The van der Waals surface area contributed by atoms with Gasteiger partial charge in [0.05, 0.1) is 0 Å². The molecule has 0 fully saturated rings. The highest BCUT2D eigenvalue weighted by Crippen LogP contribution is 2.05. The summed E-state index contributed by atoms with van der Waals surface area (Å²) in [7, 11) is 0. The molecule has 6 heteroatoms. The summed E-state index contributed by atoms with van der Waals surface area (Å²) in [5, 5.41) is 5.55. The van der Waals surface area contributed by atoms with Gasteiger partial charge in [0.2, 0.25) is 0 Å². The highest BCUT2D eigenvalue weighted by atomic mass is 19.1. The summed E-state index contributed by atoms with van der Waals surface area (Å²) in [6.45, 7) is 0.771. The largest absolute Gasteiger partial charge is 0.351 e. The number of halogens is 1. The number of carbonyl (C=O) groups is 2. The number of pyridine rings is 1. The molecule has 0 aliphatic carbocycles. The molecule has 3 rings (SSSR count). The molecule has 0 bridgehead atoms. The Labute approximate surface area is 169 Å². The maximum absolute atomic E-state index is 12.9. The number of hydrogen-bond donors (Lipinski definition) is 2. The molecule has 0 saturated carbocycles. The first-order valence-electron chi connectivity index (χ1n) is 9.43. The molecule has 3 aromatic rings. The lowest BCUT2D eigenvalue weighted by molar-refractivity contribution is 0.0942. The van der Waals surface area contributed by atoms with Crippen LogP contribution < -0.4 is 10.6 Å². The lowest BCUT2D eigenvalue weighted by atomic mass is 10.1. The molecule has 5 nitrogen and oxygen atoms in total. The van der Waals surface area contributed by atoms with Gasteiger partial charge >= 0.3 is 0 Å². The lowest BCUT2D eigenvalue weighted by Gasteiger charge is -2.08. The fourth-order valence-corrected chi connectivity index (χ4v) is 2.79. The van der Waals surface area contributed by atoms with E-state index in [9.17, 15) is 14.0 Å². The van der Waals surface area contributed by atoms with Gasteiger partial charge in [0, 0.05) is 13.1 Å². The van der Waals surface area contributed by atoms with Crippen LogP contribution >= 0.6 is 0 Å². The van der Waals surface area contributed by atoms with Crippen LogP contribution in [0.25, 0.3) is 0 Å². The number of benzene rings is 2. The third-order valence-corrected chi connectivity index (χ3v) is 4.35. The number of rotatable bonds is 8. The van der Waals surface area contributed by atoms with E-state index >= 15 is 0 Å². The molecule has 0 spiro atoms. The van der Waals surface area contributed by atoms with E-state index < -0.39 is 5.91 Å². The molecule has 29 heavy (non-hydrogen) atoms. The molecule has 0 aliphatic rings. The van der Waals surface area contributed by atoms with E-state index in [-0.39, 0.29) is 29.7 Å². The lowest BCUT2D eigenvalue weighted by Crippen LogP contribution is -2.28. The molecule has 0 unspecified atom stereocenters. The van der Waals surface area contributed by atoms with Crippen molar-refractivity contribution in [2.24, 2.45) is 0 Å². The topological polar surface area (TPSA) is 71.1 Å². The van der Waals surface area contributed by atoms with Gasteiger partial charge in [-0.25, -0.2) is 9.37 Å². The van der Waals surface area contributed by atoms with Gasteiger partial charge in [-0.1, -0.05) is 48.5 Å². The number of hydrogen-bond acceptors (Lipinski definition) is 3. The maximum Gasteiger partial charge on any atom is 0.270 e. The predicted octanol–water partition coefficient (Wildman–Crippen LogP) is 3.51. The van der Waals surface area contributed by atoms with Crippen LogP contribution in [0.4, 0.5) is 4.39 Å². The summed E-state index contributed by atoms with van der Waals surface area (Å²) in [6.07, 6.45) is 1.69. The normalized spacial score (nSPS) is 10.4. The van der Waals surface area contributed by atoms with Crippen LogP contribution in [0.3, 0.4) is 0 Å². The first kappa shape index (κ1) is 20.2. The van der Waals surface area contributed by atoms with E-state index in [4.69, 9.17) is 0 Å². The second-order valence-electron chi connectivity index (χ2n) is 6.56. The second-order valence-corrected chi connectivity index (χ2v) is 6.56. The number of carbonyl (C=O) groups excluding carboxylic acids is 2. The first-order valence-corrected chi connectivity index (χ1v) is 9.43. The van der Waals surface area contributed by atoms with Crippen molar-refractivity contribution in [1.82, 2.24) is 15.6 Å². The van der Waals surface area contributed by atoms with Crippen LogP contribution in [-0.4, -0.2) is 23.3 Å². The highest BCUT2D eigenvalue weighted by Gasteiger charge is 2.12. The molecule has 1 aromatic heterocycles. The average Bonchev–Trinajstić information content (AvgIpc) is 2.77. The number of aromatic nitrogens is 1. The van der Waals surface area contributed by atoms with Crippen molar-refractivity contribution in [3.05, 3.63) is 101 Å². The first-order chi connectivity index (χ1) is 14.1. The molecular weight excluding hydrogens is 369 g/mol. The van der Waals surface area contributed by atoms with E-state index in [2.05, 4.69) is 27.8 Å². The maximum atomic E-state index is 12.9. The SMILES string of the molecule is O=C(NCCCc1ccccc1)c1cccc(C(=O)NCc2ccc(F)cc2)n1. The van der Waals surface area contributed by atoms with E-state index in [0.717, 1.165) is 18.4 Å². The Hall–Kier alpha value is -3.54. The molecule has 2 N–H and O–H groups in total. The monoisotopic (exact) mass is 391 g/mol. The van der Waals surface area contributed by atoms with Gasteiger partial charge in [0.1, 0.15) is 17.2 Å². The van der Waals surface area contributed by atoms with Crippen molar-refractivity contribution in [3.63, 3.8) is 0 Å². The Morgan fingerprint density at radius 2 is 1.41 bits per heavy atom. The Morgan fingerprint density at radius 3 is 2.10 bits per heavy atom. The van der Waals surface area contributed by atoms with Crippen molar-refractivity contribution in [3.8, 4) is 0 Å². The van der Waals surface area contributed by atoms with Gasteiger partial charge in [-0.05, 0) is 48.2 Å². The number of nitrogens with one attached hydrogen (secondary N) is 2. The Balaban J connectivity index is 1.49. The van der Waals surface area contributed by atoms with Crippen molar-refractivity contribution in [1.29, 1.82) is 0 Å². The zero-order chi connectivity index (χ0) is 20.5. The summed E-state index contributed by atoms with van der Waals surface area (Å²) < 4.78 is 12.9. The van der Waals surface area contributed by atoms with Crippen molar-refractivity contribution in [2.45, 2.75) is 19.4 Å². The molecule has 148 valence electrons. The van der Waals surface area contributed by atoms with Crippen LogP contribution in [0.5, 0.6) is 0 Å². The Morgan fingerprint density at radius 1 is 0.759 bits per heavy atom. The zero-order valence-electron chi connectivity index (χ0n) is 15.9. The minimum absolute atomic E-state index is 0.157. The fourth-order valence-electron chi connectivity index (χ4n) is 2.79. The van der Waals surface area contributed by atoms with Crippen molar-refractivity contribution >= 4 is 11.8 Å². The molecule has 0 aliphatic heterocycles. The summed E-state index contributed by atoms with van der Waals surface area (Å²) >= 11 is 0. The summed E-state index contributed by atoms with van der Waals surface area (Å²) in [4.78, 5) is 28.8. The third-order valence-electron chi connectivity index (χ3n) is 4.35. The highest BCUT2D eigenvalue weighted by molar-refractivity contribution is 5.96. The second kappa shape index (κ2) is 10.1. The van der Waals surface area contributed by atoms with Gasteiger partial charge in [-0.15, -0.1) is 0 Å². The molecule has 1 heterocycles. The van der Waals surface area contributed by atoms with E-state index in [1.54, 1.807) is 30.3 Å². The van der Waals surface area contributed by atoms with Crippen molar-refractivity contribution in [2.75, 3.05) is 6.54 Å². The smallest absolute Gasteiger partial charge is 0.270 e. The molecule has 0 atom stereocenters. The summed E-state index contributed by atoms with van der Waals surface area (Å²) in [6, 6.07) is 20.7.